The maximum absolute atomic E-state index is 12.6. The quantitative estimate of drug-likeness (QED) is 0.850. The van der Waals surface area contributed by atoms with Gasteiger partial charge in [0.2, 0.25) is 0 Å². The number of hydrogen-bond acceptors (Lipinski definition) is 4. The van der Waals surface area contributed by atoms with Gasteiger partial charge in [0.15, 0.2) is 0 Å². The number of piperidine rings is 1. The molecule has 2 aliphatic rings. The van der Waals surface area contributed by atoms with E-state index in [1.54, 1.807) is 16.4 Å². The Kier molecular flexibility index (Phi) is 3.82. The highest BCUT2D eigenvalue weighted by Crippen LogP contribution is 2.41. The molecule has 5 nitrogen and oxygen atoms in total. The van der Waals surface area contributed by atoms with E-state index in [0.29, 0.717) is 29.3 Å². The SMILES string of the molecule is Cc1cnc(C2CC2)n1C1CCN(S(=O)(=O)c2cccs2)CC1. The van der Waals surface area contributed by atoms with Crippen LogP contribution in [0, 0.1) is 6.92 Å². The van der Waals surface area contributed by atoms with E-state index in [-0.39, 0.29) is 0 Å². The van der Waals surface area contributed by atoms with Gasteiger partial charge in [-0.15, -0.1) is 11.3 Å². The van der Waals surface area contributed by atoms with Crippen molar-refractivity contribution >= 4 is 21.4 Å². The molecule has 0 radical (unpaired) electrons. The van der Waals surface area contributed by atoms with Crippen molar-refractivity contribution < 1.29 is 8.42 Å². The lowest BCUT2D eigenvalue weighted by Crippen LogP contribution is -2.39. The van der Waals surface area contributed by atoms with E-state index in [1.165, 1.54) is 35.7 Å². The fourth-order valence-electron chi connectivity index (χ4n) is 3.46. The summed E-state index contributed by atoms with van der Waals surface area (Å²) in [6.07, 6.45) is 6.16. The van der Waals surface area contributed by atoms with Crippen LogP contribution in [0.15, 0.2) is 27.9 Å². The normalized spacial score (nSPS) is 20.9. The number of imidazole rings is 1. The Morgan fingerprint density at radius 2 is 1.96 bits per heavy atom. The molecule has 7 heteroatoms. The Morgan fingerprint density at radius 1 is 1.22 bits per heavy atom. The Balaban J connectivity index is 1.51. The maximum atomic E-state index is 12.6. The molecule has 0 atom stereocenters. The first kappa shape index (κ1) is 15.4. The summed E-state index contributed by atoms with van der Waals surface area (Å²) in [4.78, 5) is 4.59. The summed E-state index contributed by atoms with van der Waals surface area (Å²) >= 11 is 1.29. The van der Waals surface area contributed by atoms with Crippen molar-refractivity contribution in [2.24, 2.45) is 0 Å². The molecule has 1 aliphatic carbocycles. The molecule has 124 valence electrons. The van der Waals surface area contributed by atoms with Crippen LogP contribution in [-0.4, -0.2) is 35.4 Å². The molecular weight excluding hydrogens is 330 g/mol. The number of aromatic nitrogens is 2. The molecule has 23 heavy (non-hydrogen) atoms. The third-order valence-corrected chi connectivity index (χ3v) is 8.10. The van der Waals surface area contributed by atoms with Crippen molar-refractivity contribution in [3.05, 3.63) is 35.2 Å². The van der Waals surface area contributed by atoms with Gasteiger partial charge < -0.3 is 4.57 Å². The topological polar surface area (TPSA) is 55.2 Å². The first-order valence-electron chi connectivity index (χ1n) is 8.15. The second-order valence-corrected chi connectivity index (χ2v) is 9.58. The van der Waals surface area contributed by atoms with Gasteiger partial charge in [0, 0.05) is 36.9 Å². The molecule has 1 saturated heterocycles. The monoisotopic (exact) mass is 351 g/mol. The summed E-state index contributed by atoms with van der Waals surface area (Å²) < 4.78 is 29.7. The molecule has 2 aromatic heterocycles. The van der Waals surface area contributed by atoms with Crippen LogP contribution < -0.4 is 0 Å². The highest BCUT2D eigenvalue weighted by molar-refractivity contribution is 7.91. The smallest absolute Gasteiger partial charge is 0.252 e. The Bertz CT molecular complexity index is 783. The van der Waals surface area contributed by atoms with E-state index in [1.807, 2.05) is 11.6 Å². The van der Waals surface area contributed by atoms with Crippen LogP contribution in [0.2, 0.25) is 0 Å². The molecule has 4 rings (SSSR count). The molecule has 0 unspecified atom stereocenters. The largest absolute Gasteiger partial charge is 0.329 e. The van der Waals surface area contributed by atoms with Crippen LogP contribution >= 0.6 is 11.3 Å². The van der Waals surface area contributed by atoms with Crippen molar-refractivity contribution in [2.75, 3.05) is 13.1 Å². The number of hydrogen-bond donors (Lipinski definition) is 0. The summed E-state index contributed by atoms with van der Waals surface area (Å²) in [5.41, 5.74) is 1.20. The molecule has 0 bridgehead atoms. The van der Waals surface area contributed by atoms with Crippen molar-refractivity contribution in [3.63, 3.8) is 0 Å². The standard InChI is InChI=1S/C16H21N3O2S2/c1-12-11-17-16(13-4-5-13)19(12)14-6-8-18(9-7-14)23(20,21)15-3-2-10-22-15/h2-3,10-11,13-14H,4-9H2,1H3. The van der Waals surface area contributed by atoms with Crippen molar-refractivity contribution in [3.8, 4) is 0 Å². The fraction of sp³-hybridized carbons (Fsp3) is 0.562. The number of thiophene rings is 1. The molecule has 2 aromatic rings. The van der Waals surface area contributed by atoms with Crippen LogP contribution in [0.3, 0.4) is 0 Å². The Hall–Kier alpha value is -1.18. The zero-order valence-corrected chi connectivity index (χ0v) is 14.8. The highest BCUT2D eigenvalue weighted by Gasteiger charge is 2.34. The fourth-order valence-corrected chi connectivity index (χ4v) is 6.08. The molecule has 3 heterocycles. The minimum Gasteiger partial charge on any atom is -0.329 e. The lowest BCUT2D eigenvalue weighted by atomic mass is 10.1. The minimum atomic E-state index is -3.31. The average molecular weight is 351 g/mol. The van der Waals surface area contributed by atoms with Crippen molar-refractivity contribution in [1.82, 2.24) is 13.9 Å². The van der Waals surface area contributed by atoms with Crippen molar-refractivity contribution in [2.45, 2.75) is 48.8 Å². The summed E-state index contributed by atoms with van der Waals surface area (Å²) in [6, 6.07) is 3.86. The maximum Gasteiger partial charge on any atom is 0.252 e. The summed E-state index contributed by atoms with van der Waals surface area (Å²) in [7, 11) is -3.31. The second kappa shape index (κ2) is 5.72. The molecule has 1 saturated carbocycles. The lowest BCUT2D eigenvalue weighted by molar-refractivity contribution is 0.268. The van der Waals surface area contributed by atoms with Crippen LogP contribution in [0.5, 0.6) is 0 Å². The van der Waals surface area contributed by atoms with E-state index < -0.39 is 10.0 Å². The second-order valence-electron chi connectivity index (χ2n) is 6.47. The molecule has 0 aromatic carbocycles. The predicted molar refractivity (Wildman–Crippen MR) is 90.3 cm³/mol. The van der Waals surface area contributed by atoms with Crippen LogP contribution in [-0.2, 0) is 10.0 Å². The van der Waals surface area contributed by atoms with Crippen LogP contribution in [0.4, 0.5) is 0 Å². The van der Waals surface area contributed by atoms with Gasteiger partial charge in [0.05, 0.1) is 0 Å². The van der Waals surface area contributed by atoms with E-state index >= 15 is 0 Å². The van der Waals surface area contributed by atoms with E-state index in [0.717, 1.165) is 12.8 Å². The predicted octanol–water partition coefficient (Wildman–Crippen LogP) is 3.16. The minimum absolute atomic E-state index is 0.378. The van der Waals surface area contributed by atoms with E-state index in [2.05, 4.69) is 16.5 Å². The zero-order valence-electron chi connectivity index (χ0n) is 13.2. The highest BCUT2D eigenvalue weighted by atomic mass is 32.2. The lowest BCUT2D eigenvalue weighted by Gasteiger charge is -2.33. The van der Waals surface area contributed by atoms with Crippen LogP contribution in [0.25, 0.3) is 0 Å². The van der Waals surface area contributed by atoms with Gasteiger partial charge >= 0.3 is 0 Å². The Morgan fingerprint density at radius 3 is 2.57 bits per heavy atom. The third-order valence-electron chi connectivity index (χ3n) is 4.83. The average Bonchev–Trinajstić information content (AvgIpc) is 3.09. The first-order chi connectivity index (χ1) is 11.1. The number of sulfonamides is 1. The van der Waals surface area contributed by atoms with E-state index in [4.69, 9.17) is 0 Å². The van der Waals surface area contributed by atoms with Gasteiger partial charge in [-0.05, 0) is 44.1 Å². The molecule has 0 spiro atoms. The zero-order chi connectivity index (χ0) is 16.0. The van der Waals surface area contributed by atoms with Gasteiger partial charge in [-0.1, -0.05) is 6.07 Å². The van der Waals surface area contributed by atoms with Crippen molar-refractivity contribution in [1.29, 1.82) is 0 Å². The van der Waals surface area contributed by atoms with Gasteiger partial charge in [0.1, 0.15) is 10.0 Å². The number of aryl methyl sites for hydroxylation is 1. The van der Waals surface area contributed by atoms with Gasteiger partial charge in [-0.3, -0.25) is 0 Å². The molecule has 1 aliphatic heterocycles. The molecule has 0 amide bonds. The number of nitrogens with zero attached hydrogens (tertiary/aromatic N) is 3. The summed E-state index contributed by atoms with van der Waals surface area (Å²) in [5, 5.41) is 1.82. The molecule has 0 N–H and O–H groups in total. The molecule has 2 fully saturated rings. The Labute approximate surface area is 141 Å². The number of rotatable bonds is 4. The first-order valence-corrected chi connectivity index (χ1v) is 10.5. The van der Waals surface area contributed by atoms with E-state index in [9.17, 15) is 8.42 Å². The van der Waals surface area contributed by atoms with Gasteiger partial charge in [-0.2, -0.15) is 4.31 Å². The van der Waals surface area contributed by atoms with Gasteiger partial charge in [-0.25, -0.2) is 13.4 Å². The van der Waals surface area contributed by atoms with Crippen LogP contribution in [0.1, 0.15) is 49.2 Å². The summed E-state index contributed by atoms with van der Waals surface area (Å²) in [5.74, 6) is 1.83. The van der Waals surface area contributed by atoms with Gasteiger partial charge in [0.25, 0.3) is 10.0 Å². The summed E-state index contributed by atoms with van der Waals surface area (Å²) in [6.45, 7) is 3.28. The third kappa shape index (κ3) is 2.75. The molecular formula is C16H21N3O2S2.